The van der Waals surface area contributed by atoms with Crippen molar-refractivity contribution in [2.45, 2.75) is 4.90 Å². The molecule has 9 heteroatoms. The summed E-state index contributed by atoms with van der Waals surface area (Å²) in [5.74, 6) is -0.502. The molecule has 2 N–H and O–H groups in total. The molecule has 0 saturated carbocycles. The fourth-order valence-corrected chi connectivity index (χ4v) is 3.56. The fraction of sp³-hybridized carbons (Fsp3) is 0. The first-order valence-electron chi connectivity index (χ1n) is 7.65. The number of hydrogen-bond donors (Lipinski definition) is 2. The molecule has 0 fully saturated rings. The topological polar surface area (TPSA) is 88.2 Å². The van der Waals surface area contributed by atoms with Gasteiger partial charge in [0.1, 0.15) is 5.69 Å². The SMILES string of the molecule is O=C(Nc1cc(S(=O)(=O)Nc2ccc(Cl)cc2)ccc1Cl)c1ccccn1. The van der Waals surface area contributed by atoms with E-state index in [0.29, 0.717) is 10.7 Å². The van der Waals surface area contributed by atoms with Gasteiger partial charge in [-0.15, -0.1) is 0 Å². The molecule has 1 amide bonds. The molecule has 2 aromatic carbocycles. The molecule has 0 bridgehead atoms. The summed E-state index contributed by atoms with van der Waals surface area (Å²) in [6.07, 6.45) is 1.48. The Balaban J connectivity index is 1.85. The molecule has 3 aromatic rings. The molecule has 3 rings (SSSR count). The molecule has 0 saturated heterocycles. The smallest absolute Gasteiger partial charge is 0.274 e. The standard InChI is InChI=1S/C18H13Cl2N3O3S/c19-12-4-6-13(7-5-12)23-27(25,26)14-8-9-15(20)17(11-14)22-18(24)16-3-1-2-10-21-16/h1-11,23H,(H,22,24). The van der Waals surface area contributed by atoms with Gasteiger partial charge in [-0.1, -0.05) is 29.3 Å². The number of carbonyl (C=O) groups excluding carboxylic acids is 1. The minimum Gasteiger partial charge on any atom is -0.319 e. The van der Waals surface area contributed by atoms with Crippen LogP contribution in [0.5, 0.6) is 0 Å². The molecule has 1 aromatic heterocycles. The first-order chi connectivity index (χ1) is 12.8. The number of benzene rings is 2. The number of nitrogens with one attached hydrogen (secondary N) is 2. The summed E-state index contributed by atoms with van der Waals surface area (Å²) in [6.45, 7) is 0. The van der Waals surface area contributed by atoms with Gasteiger partial charge < -0.3 is 5.32 Å². The van der Waals surface area contributed by atoms with Crippen molar-refractivity contribution in [1.29, 1.82) is 0 Å². The summed E-state index contributed by atoms with van der Waals surface area (Å²) in [5, 5.41) is 3.26. The lowest BCUT2D eigenvalue weighted by Crippen LogP contribution is -2.16. The number of hydrogen-bond acceptors (Lipinski definition) is 4. The van der Waals surface area contributed by atoms with Gasteiger partial charge in [0.05, 0.1) is 15.6 Å². The number of amides is 1. The van der Waals surface area contributed by atoms with Gasteiger partial charge in [-0.3, -0.25) is 14.5 Å². The maximum atomic E-state index is 12.6. The second kappa shape index (κ2) is 7.96. The maximum Gasteiger partial charge on any atom is 0.274 e. The Labute approximate surface area is 166 Å². The third-order valence-electron chi connectivity index (χ3n) is 3.49. The van der Waals surface area contributed by atoms with Crippen molar-refractivity contribution in [2.75, 3.05) is 10.0 Å². The van der Waals surface area contributed by atoms with E-state index in [1.165, 1.54) is 30.5 Å². The monoisotopic (exact) mass is 421 g/mol. The molecule has 1 heterocycles. The average Bonchev–Trinajstić information content (AvgIpc) is 2.66. The first kappa shape index (κ1) is 19.2. The molecule has 0 aliphatic carbocycles. The number of pyridine rings is 1. The van der Waals surface area contributed by atoms with Crippen LogP contribution in [0.2, 0.25) is 10.0 Å². The summed E-state index contributed by atoms with van der Waals surface area (Å²) >= 11 is 11.9. The molecular formula is C18H13Cl2N3O3S. The minimum atomic E-state index is -3.88. The van der Waals surface area contributed by atoms with Gasteiger partial charge in [0.2, 0.25) is 0 Å². The Kier molecular flexibility index (Phi) is 5.65. The number of halogens is 2. The van der Waals surface area contributed by atoms with Crippen LogP contribution >= 0.6 is 23.2 Å². The van der Waals surface area contributed by atoms with Crippen LogP contribution in [0.1, 0.15) is 10.5 Å². The zero-order valence-corrected chi connectivity index (χ0v) is 16.0. The van der Waals surface area contributed by atoms with Crippen LogP contribution in [0.4, 0.5) is 11.4 Å². The Hall–Kier alpha value is -2.61. The molecule has 0 spiro atoms. The summed E-state index contributed by atoms with van der Waals surface area (Å²) in [6, 6.07) is 15.1. The minimum absolute atomic E-state index is 0.0572. The Morgan fingerprint density at radius 2 is 1.70 bits per heavy atom. The second-order valence-corrected chi connectivity index (χ2v) is 7.95. The summed E-state index contributed by atoms with van der Waals surface area (Å²) in [7, 11) is -3.88. The van der Waals surface area contributed by atoms with Crippen molar-refractivity contribution in [3.05, 3.63) is 82.6 Å². The normalized spacial score (nSPS) is 11.0. The van der Waals surface area contributed by atoms with Gasteiger partial charge >= 0.3 is 0 Å². The zero-order chi connectivity index (χ0) is 19.4. The van der Waals surface area contributed by atoms with Gasteiger partial charge in [-0.2, -0.15) is 0 Å². The highest BCUT2D eigenvalue weighted by atomic mass is 35.5. The molecule has 6 nitrogen and oxygen atoms in total. The quantitative estimate of drug-likeness (QED) is 0.636. The lowest BCUT2D eigenvalue weighted by atomic mass is 10.3. The zero-order valence-electron chi connectivity index (χ0n) is 13.7. The molecule has 0 atom stereocenters. The van der Waals surface area contributed by atoms with Crippen molar-refractivity contribution < 1.29 is 13.2 Å². The van der Waals surface area contributed by atoms with E-state index in [4.69, 9.17) is 23.2 Å². The predicted molar refractivity (Wildman–Crippen MR) is 106 cm³/mol. The number of sulfonamides is 1. The number of rotatable bonds is 5. The summed E-state index contributed by atoms with van der Waals surface area (Å²) < 4.78 is 27.6. The van der Waals surface area contributed by atoms with E-state index in [1.54, 1.807) is 36.4 Å². The highest BCUT2D eigenvalue weighted by molar-refractivity contribution is 7.92. The maximum absolute atomic E-state index is 12.6. The third-order valence-corrected chi connectivity index (χ3v) is 5.45. The number of nitrogens with zero attached hydrogens (tertiary/aromatic N) is 1. The van der Waals surface area contributed by atoms with Crippen molar-refractivity contribution in [3.63, 3.8) is 0 Å². The van der Waals surface area contributed by atoms with E-state index in [9.17, 15) is 13.2 Å². The Morgan fingerprint density at radius 3 is 2.37 bits per heavy atom. The molecule has 138 valence electrons. The lowest BCUT2D eigenvalue weighted by molar-refractivity contribution is 0.102. The highest BCUT2D eigenvalue weighted by Gasteiger charge is 2.17. The van der Waals surface area contributed by atoms with Crippen LogP contribution in [0.25, 0.3) is 0 Å². The Bertz CT molecular complexity index is 1070. The molecule has 0 unspecified atom stereocenters. The van der Waals surface area contributed by atoms with E-state index in [2.05, 4.69) is 15.0 Å². The van der Waals surface area contributed by atoms with Crippen LogP contribution in [-0.4, -0.2) is 19.3 Å². The van der Waals surface area contributed by atoms with Crippen LogP contribution in [0.15, 0.2) is 71.8 Å². The molecule has 27 heavy (non-hydrogen) atoms. The number of carbonyl (C=O) groups is 1. The molecule has 0 aliphatic rings. The number of aromatic nitrogens is 1. The lowest BCUT2D eigenvalue weighted by Gasteiger charge is -2.11. The van der Waals surface area contributed by atoms with E-state index in [0.717, 1.165) is 0 Å². The highest BCUT2D eigenvalue weighted by Crippen LogP contribution is 2.27. The average molecular weight is 422 g/mol. The van der Waals surface area contributed by atoms with Crippen molar-refractivity contribution in [2.24, 2.45) is 0 Å². The summed E-state index contributed by atoms with van der Waals surface area (Å²) in [4.78, 5) is 16.1. The Morgan fingerprint density at radius 1 is 0.963 bits per heavy atom. The largest absolute Gasteiger partial charge is 0.319 e. The van der Waals surface area contributed by atoms with Crippen LogP contribution in [0.3, 0.4) is 0 Å². The fourth-order valence-electron chi connectivity index (χ4n) is 2.18. The van der Waals surface area contributed by atoms with Gasteiger partial charge in [0.25, 0.3) is 15.9 Å². The van der Waals surface area contributed by atoms with Gasteiger partial charge in [-0.05, 0) is 54.6 Å². The van der Waals surface area contributed by atoms with Crippen molar-refractivity contribution in [3.8, 4) is 0 Å². The van der Waals surface area contributed by atoms with E-state index < -0.39 is 15.9 Å². The van der Waals surface area contributed by atoms with Crippen molar-refractivity contribution in [1.82, 2.24) is 4.98 Å². The van der Waals surface area contributed by atoms with Crippen molar-refractivity contribution >= 4 is 50.5 Å². The first-order valence-corrected chi connectivity index (χ1v) is 9.89. The molecule has 0 radical (unpaired) electrons. The molecular weight excluding hydrogens is 409 g/mol. The number of anilines is 2. The van der Waals surface area contributed by atoms with Gasteiger partial charge in [0.15, 0.2) is 0 Å². The van der Waals surface area contributed by atoms with E-state index in [-0.39, 0.29) is 21.3 Å². The van der Waals surface area contributed by atoms with E-state index in [1.807, 2.05) is 0 Å². The summed E-state index contributed by atoms with van der Waals surface area (Å²) in [5.41, 5.74) is 0.695. The predicted octanol–water partition coefficient (Wildman–Crippen LogP) is 4.44. The molecule has 0 aliphatic heterocycles. The second-order valence-electron chi connectivity index (χ2n) is 5.42. The van der Waals surface area contributed by atoms with Gasteiger partial charge in [0, 0.05) is 16.9 Å². The van der Waals surface area contributed by atoms with E-state index >= 15 is 0 Å². The van der Waals surface area contributed by atoms with Crippen LogP contribution in [0, 0.1) is 0 Å². The van der Waals surface area contributed by atoms with Crippen LogP contribution in [-0.2, 0) is 10.0 Å². The van der Waals surface area contributed by atoms with Gasteiger partial charge in [-0.25, -0.2) is 8.42 Å². The third kappa shape index (κ3) is 4.77. The van der Waals surface area contributed by atoms with Crippen LogP contribution < -0.4 is 10.0 Å².